The first kappa shape index (κ1) is 10.3. The lowest BCUT2D eigenvalue weighted by molar-refractivity contribution is 1.25. The first-order valence-corrected chi connectivity index (χ1v) is 2.36. The summed E-state index contributed by atoms with van der Waals surface area (Å²) in [6.07, 6.45) is 3.65. The van der Waals surface area contributed by atoms with Gasteiger partial charge in [0, 0.05) is 12.4 Å². The highest BCUT2D eigenvalue weighted by molar-refractivity contribution is 6.18. The monoisotopic (exact) mass is 141 g/mol. The molecule has 0 aliphatic heterocycles. The van der Waals surface area contributed by atoms with Gasteiger partial charge in [-0.3, -0.25) is 0 Å². The molecule has 0 spiro atoms. The zero-order valence-corrected chi connectivity index (χ0v) is 5.50. The molecule has 0 rings (SSSR count). The van der Waals surface area contributed by atoms with Crippen molar-refractivity contribution < 1.29 is 0 Å². The van der Waals surface area contributed by atoms with Crippen LogP contribution in [0.15, 0.2) is 12.2 Å². The summed E-state index contributed by atoms with van der Waals surface area (Å²) in [6.45, 7) is 0.590. The molecule has 0 amide bonds. The van der Waals surface area contributed by atoms with Crippen molar-refractivity contribution in [2.24, 2.45) is 5.73 Å². The molecule has 0 saturated heterocycles. The minimum absolute atomic E-state index is 0. The predicted octanol–water partition coefficient (Wildman–Crippen LogP) is 1.16. The Labute approximate surface area is 54.9 Å². The normalized spacial score (nSPS) is 8.86. The summed E-state index contributed by atoms with van der Waals surface area (Å²) in [4.78, 5) is 0. The van der Waals surface area contributed by atoms with E-state index in [-0.39, 0.29) is 12.4 Å². The Morgan fingerprint density at radius 2 is 2.00 bits per heavy atom. The van der Waals surface area contributed by atoms with Gasteiger partial charge in [-0.2, -0.15) is 0 Å². The summed E-state index contributed by atoms with van der Waals surface area (Å²) in [5, 5.41) is 0. The van der Waals surface area contributed by atoms with Crippen molar-refractivity contribution in [1.82, 2.24) is 0 Å². The molecule has 0 aliphatic carbocycles. The Balaban J connectivity index is 0. The molecule has 0 heterocycles. The number of nitrogens with two attached hydrogens (primary N) is 1. The number of halogens is 2. The summed E-state index contributed by atoms with van der Waals surface area (Å²) >= 11 is 5.24. The molecule has 7 heavy (non-hydrogen) atoms. The first-order valence-electron chi connectivity index (χ1n) is 1.83. The number of allylic oxidation sites excluding steroid dienone is 1. The minimum atomic E-state index is 0. The van der Waals surface area contributed by atoms with Gasteiger partial charge in [0.25, 0.3) is 0 Å². The molecule has 1 nitrogen and oxygen atoms in total. The fourth-order valence-corrected chi connectivity index (χ4v) is 0.285. The van der Waals surface area contributed by atoms with Crippen LogP contribution in [-0.4, -0.2) is 12.4 Å². The second kappa shape index (κ2) is 9.56. The summed E-state index contributed by atoms with van der Waals surface area (Å²) < 4.78 is 0. The Bertz CT molecular complexity index is 39.0. The van der Waals surface area contributed by atoms with Crippen molar-refractivity contribution >= 4 is 24.0 Å². The van der Waals surface area contributed by atoms with Crippen LogP contribution in [0.5, 0.6) is 0 Å². The highest BCUT2D eigenvalue weighted by atomic mass is 35.5. The quantitative estimate of drug-likeness (QED) is 0.454. The minimum Gasteiger partial charge on any atom is -0.327 e. The van der Waals surface area contributed by atoms with Crippen LogP contribution in [0.3, 0.4) is 0 Å². The van der Waals surface area contributed by atoms with Crippen LogP contribution in [0.4, 0.5) is 0 Å². The zero-order chi connectivity index (χ0) is 4.83. The van der Waals surface area contributed by atoms with Crippen LogP contribution in [0.1, 0.15) is 0 Å². The molecule has 44 valence electrons. The largest absolute Gasteiger partial charge is 0.327 e. The Morgan fingerprint density at radius 1 is 1.43 bits per heavy atom. The lowest BCUT2D eigenvalue weighted by atomic mass is 10.5. The molecule has 0 aromatic heterocycles. The van der Waals surface area contributed by atoms with Gasteiger partial charge in [-0.1, -0.05) is 12.2 Å². The predicted molar refractivity (Wildman–Crippen MR) is 36.2 cm³/mol. The number of hydrogen-bond acceptors (Lipinski definition) is 1. The summed E-state index contributed by atoms with van der Waals surface area (Å²) in [5.74, 6) is 0.567. The average Bonchev–Trinajstić information content (AvgIpc) is 1.61. The maximum Gasteiger partial charge on any atom is 0.0404 e. The van der Waals surface area contributed by atoms with Gasteiger partial charge >= 0.3 is 0 Å². The molecular weight excluding hydrogens is 133 g/mol. The van der Waals surface area contributed by atoms with E-state index in [0.29, 0.717) is 12.4 Å². The van der Waals surface area contributed by atoms with Crippen LogP contribution in [0, 0.1) is 0 Å². The highest BCUT2D eigenvalue weighted by Crippen LogP contribution is 1.73. The van der Waals surface area contributed by atoms with Gasteiger partial charge in [-0.05, 0) is 0 Å². The Kier molecular flexibility index (Phi) is 14.1. The SMILES string of the molecule is Cl.NCC=CCCl. The van der Waals surface area contributed by atoms with Crippen molar-refractivity contribution in [3.63, 3.8) is 0 Å². The highest BCUT2D eigenvalue weighted by Gasteiger charge is 1.61. The molecule has 0 saturated carbocycles. The van der Waals surface area contributed by atoms with Gasteiger partial charge in [-0.25, -0.2) is 0 Å². The lowest BCUT2D eigenvalue weighted by Crippen LogP contribution is -1.91. The van der Waals surface area contributed by atoms with E-state index in [2.05, 4.69) is 0 Å². The molecular formula is C4H9Cl2N. The van der Waals surface area contributed by atoms with E-state index >= 15 is 0 Å². The Morgan fingerprint density at radius 3 is 2.14 bits per heavy atom. The van der Waals surface area contributed by atoms with Gasteiger partial charge in [-0.15, -0.1) is 24.0 Å². The van der Waals surface area contributed by atoms with Crippen LogP contribution < -0.4 is 5.73 Å². The Hall–Kier alpha value is 0.280. The van der Waals surface area contributed by atoms with E-state index < -0.39 is 0 Å². The van der Waals surface area contributed by atoms with Crippen LogP contribution >= 0.6 is 24.0 Å². The summed E-state index contributed by atoms with van der Waals surface area (Å²) in [5.41, 5.74) is 5.07. The van der Waals surface area contributed by atoms with Gasteiger partial charge in [0.15, 0.2) is 0 Å². The second-order valence-corrected chi connectivity index (χ2v) is 1.17. The molecule has 3 heteroatoms. The van der Waals surface area contributed by atoms with Crippen molar-refractivity contribution in [1.29, 1.82) is 0 Å². The van der Waals surface area contributed by atoms with Crippen LogP contribution in [-0.2, 0) is 0 Å². The van der Waals surface area contributed by atoms with Gasteiger partial charge in [0.05, 0.1) is 0 Å². The molecule has 0 atom stereocenters. The third-order valence-electron chi connectivity index (χ3n) is 0.392. The van der Waals surface area contributed by atoms with Crippen molar-refractivity contribution in [3.8, 4) is 0 Å². The molecule has 2 N–H and O–H groups in total. The van der Waals surface area contributed by atoms with E-state index in [1.807, 2.05) is 12.2 Å². The van der Waals surface area contributed by atoms with Crippen LogP contribution in [0.2, 0.25) is 0 Å². The van der Waals surface area contributed by atoms with E-state index in [9.17, 15) is 0 Å². The van der Waals surface area contributed by atoms with Crippen molar-refractivity contribution in [2.45, 2.75) is 0 Å². The van der Waals surface area contributed by atoms with Crippen molar-refractivity contribution in [2.75, 3.05) is 12.4 Å². The fraction of sp³-hybridized carbons (Fsp3) is 0.500. The van der Waals surface area contributed by atoms with E-state index in [1.165, 1.54) is 0 Å². The fourth-order valence-electron chi connectivity index (χ4n) is 0.159. The standard InChI is InChI=1S/C4H8ClN.ClH/c5-3-1-2-4-6;/h1-2H,3-4,6H2;1H. The maximum atomic E-state index is 5.24. The summed E-state index contributed by atoms with van der Waals surface area (Å²) in [6, 6.07) is 0. The van der Waals surface area contributed by atoms with E-state index in [0.717, 1.165) is 0 Å². The second-order valence-electron chi connectivity index (χ2n) is 0.861. The molecule has 0 aromatic carbocycles. The van der Waals surface area contributed by atoms with Gasteiger partial charge in [0.1, 0.15) is 0 Å². The molecule has 0 radical (unpaired) electrons. The van der Waals surface area contributed by atoms with Gasteiger partial charge < -0.3 is 5.73 Å². The zero-order valence-electron chi connectivity index (χ0n) is 3.93. The third kappa shape index (κ3) is 10.7. The third-order valence-corrected chi connectivity index (χ3v) is 0.570. The lowest BCUT2D eigenvalue weighted by Gasteiger charge is -1.72. The molecule has 0 unspecified atom stereocenters. The number of alkyl halides is 1. The molecule has 0 fully saturated rings. The molecule has 0 aromatic rings. The smallest absolute Gasteiger partial charge is 0.0404 e. The average molecular weight is 142 g/mol. The number of hydrogen-bond donors (Lipinski definition) is 1. The van der Waals surface area contributed by atoms with Crippen molar-refractivity contribution in [3.05, 3.63) is 12.2 Å². The van der Waals surface area contributed by atoms with E-state index in [1.54, 1.807) is 0 Å². The topological polar surface area (TPSA) is 26.0 Å². The van der Waals surface area contributed by atoms with Crippen LogP contribution in [0.25, 0.3) is 0 Å². The molecule has 0 bridgehead atoms. The first-order chi connectivity index (χ1) is 2.91. The van der Waals surface area contributed by atoms with Gasteiger partial charge in [0.2, 0.25) is 0 Å². The molecule has 0 aliphatic rings. The van der Waals surface area contributed by atoms with E-state index in [4.69, 9.17) is 17.3 Å². The maximum absolute atomic E-state index is 5.24. The summed E-state index contributed by atoms with van der Waals surface area (Å²) in [7, 11) is 0. The number of rotatable bonds is 2.